The number of thiazole rings is 1. The Morgan fingerprint density at radius 1 is 1.17 bits per heavy atom. The first-order valence-corrected chi connectivity index (χ1v) is 11.3. The van der Waals surface area contributed by atoms with E-state index in [2.05, 4.69) is 28.9 Å². The summed E-state index contributed by atoms with van der Waals surface area (Å²) in [7, 11) is -3.73. The van der Waals surface area contributed by atoms with Crippen LogP contribution < -0.4 is 14.8 Å². The number of hydrogen-bond acceptors (Lipinski definition) is 6. The number of amides is 1. The highest BCUT2D eigenvalue weighted by Gasteiger charge is 2.19. The number of carbonyl (C=O) groups is 1. The van der Waals surface area contributed by atoms with E-state index in [-0.39, 0.29) is 22.5 Å². The number of nitrogens with zero attached hydrogens (tertiary/aromatic N) is 1. The summed E-state index contributed by atoms with van der Waals surface area (Å²) in [5.74, 6) is 0.701. The summed E-state index contributed by atoms with van der Waals surface area (Å²) >= 11 is 1.19. The lowest BCUT2D eigenvalue weighted by Gasteiger charge is -2.18. The van der Waals surface area contributed by atoms with Gasteiger partial charge in [0.15, 0.2) is 11.7 Å². The van der Waals surface area contributed by atoms with Crippen LogP contribution in [-0.4, -0.2) is 25.9 Å². The molecule has 3 aromatic rings. The van der Waals surface area contributed by atoms with Crippen molar-refractivity contribution in [1.29, 1.82) is 0 Å². The molecule has 29 heavy (non-hydrogen) atoms. The summed E-state index contributed by atoms with van der Waals surface area (Å²) < 4.78 is 33.2. The number of carbonyl (C=O) groups excluding carboxylic acids is 1. The molecule has 1 aromatic heterocycles. The fourth-order valence-electron chi connectivity index (χ4n) is 2.90. The van der Waals surface area contributed by atoms with E-state index in [9.17, 15) is 13.2 Å². The Labute approximate surface area is 172 Å². The van der Waals surface area contributed by atoms with Crippen LogP contribution in [0.2, 0.25) is 0 Å². The van der Waals surface area contributed by atoms with Gasteiger partial charge in [-0.2, -0.15) is 0 Å². The number of benzene rings is 2. The molecule has 1 amide bonds. The second-order valence-corrected chi connectivity index (χ2v) is 9.46. The van der Waals surface area contributed by atoms with Crippen molar-refractivity contribution in [3.63, 3.8) is 0 Å². The van der Waals surface area contributed by atoms with Crippen molar-refractivity contribution in [3.05, 3.63) is 53.4 Å². The van der Waals surface area contributed by atoms with Crippen LogP contribution in [-0.2, 0) is 14.8 Å². The molecule has 1 aliphatic heterocycles. The minimum absolute atomic E-state index is 0.00682. The molecule has 0 saturated carbocycles. The van der Waals surface area contributed by atoms with Gasteiger partial charge in [-0.3, -0.25) is 9.52 Å². The molecular formula is C20H19N3O4S2. The van der Waals surface area contributed by atoms with Crippen molar-refractivity contribution in [3.8, 4) is 17.0 Å². The third-order valence-corrected chi connectivity index (χ3v) is 6.73. The van der Waals surface area contributed by atoms with E-state index < -0.39 is 10.0 Å². The maximum Gasteiger partial charge on any atom is 0.263 e. The van der Waals surface area contributed by atoms with Gasteiger partial charge >= 0.3 is 0 Å². The topological polar surface area (TPSA) is 97.4 Å². The van der Waals surface area contributed by atoms with Gasteiger partial charge in [0.25, 0.3) is 15.9 Å². The predicted molar refractivity (Wildman–Crippen MR) is 113 cm³/mol. The minimum Gasteiger partial charge on any atom is -0.482 e. The second-order valence-electron chi connectivity index (χ2n) is 6.91. The van der Waals surface area contributed by atoms with Gasteiger partial charge in [0.1, 0.15) is 5.75 Å². The maximum atomic E-state index is 12.6. The molecule has 0 bridgehead atoms. The van der Waals surface area contributed by atoms with Gasteiger partial charge in [0.05, 0.1) is 16.3 Å². The minimum atomic E-state index is -3.73. The van der Waals surface area contributed by atoms with Crippen LogP contribution in [0.1, 0.15) is 25.3 Å². The highest BCUT2D eigenvalue weighted by molar-refractivity contribution is 7.93. The number of fused-ring (bicyclic) bond motifs is 1. The first-order chi connectivity index (χ1) is 13.8. The van der Waals surface area contributed by atoms with Crippen LogP contribution in [0.5, 0.6) is 5.75 Å². The lowest BCUT2D eigenvalue weighted by Crippen LogP contribution is -2.25. The summed E-state index contributed by atoms with van der Waals surface area (Å²) in [6.45, 7) is 4.10. The molecule has 9 heteroatoms. The number of rotatable bonds is 5. The van der Waals surface area contributed by atoms with Gasteiger partial charge in [-0.1, -0.05) is 26.0 Å². The first kappa shape index (κ1) is 19.4. The summed E-state index contributed by atoms with van der Waals surface area (Å²) in [5, 5.41) is 4.78. The molecule has 0 spiro atoms. The Balaban J connectivity index is 1.55. The Morgan fingerprint density at radius 3 is 2.66 bits per heavy atom. The molecule has 0 fully saturated rings. The molecule has 0 atom stereocenters. The third kappa shape index (κ3) is 4.10. The van der Waals surface area contributed by atoms with Crippen LogP contribution in [0, 0.1) is 0 Å². The van der Waals surface area contributed by atoms with E-state index in [1.807, 2.05) is 18.2 Å². The summed E-state index contributed by atoms with van der Waals surface area (Å²) in [5.41, 5.74) is 2.99. The number of anilines is 2. The van der Waals surface area contributed by atoms with Crippen molar-refractivity contribution in [2.45, 2.75) is 24.7 Å². The van der Waals surface area contributed by atoms with Crippen LogP contribution in [0.4, 0.5) is 10.8 Å². The second kappa shape index (κ2) is 7.49. The number of ether oxygens (including phenoxy) is 1. The Kier molecular flexibility index (Phi) is 5.01. The quantitative estimate of drug-likeness (QED) is 0.637. The fourth-order valence-corrected chi connectivity index (χ4v) is 4.87. The summed E-state index contributed by atoms with van der Waals surface area (Å²) in [6, 6.07) is 12.1. The van der Waals surface area contributed by atoms with Gasteiger partial charge in [-0.05, 0) is 41.8 Å². The van der Waals surface area contributed by atoms with Crippen molar-refractivity contribution in [1.82, 2.24) is 4.98 Å². The van der Waals surface area contributed by atoms with E-state index in [0.29, 0.717) is 23.0 Å². The summed E-state index contributed by atoms with van der Waals surface area (Å²) in [6.07, 6.45) is 0. The molecule has 0 saturated heterocycles. The van der Waals surface area contributed by atoms with Gasteiger partial charge in [-0.15, -0.1) is 11.3 Å². The zero-order valence-corrected chi connectivity index (χ0v) is 17.4. The zero-order chi connectivity index (χ0) is 20.6. The van der Waals surface area contributed by atoms with Crippen LogP contribution in [0.25, 0.3) is 11.3 Å². The monoisotopic (exact) mass is 429 g/mol. The molecule has 4 rings (SSSR count). The van der Waals surface area contributed by atoms with Crippen molar-refractivity contribution in [2.75, 3.05) is 16.6 Å². The number of sulfonamides is 1. The highest BCUT2D eigenvalue weighted by atomic mass is 32.2. The molecule has 2 N–H and O–H groups in total. The Morgan fingerprint density at radius 2 is 1.93 bits per heavy atom. The molecule has 2 aromatic carbocycles. The van der Waals surface area contributed by atoms with Crippen molar-refractivity contribution >= 4 is 38.1 Å². The van der Waals surface area contributed by atoms with Crippen LogP contribution in [0.3, 0.4) is 0 Å². The normalized spacial score (nSPS) is 13.6. The van der Waals surface area contributed by atoms with E-state index in [1.165, 1.54) is 11.3 Å². The number of hydrogen-bond donors (Lipinski definition) is 2. The van der Waals surface area contributed by atoms with Crippen molar-refractivity contribution in [2.24, 2.45) is 0 Å². The molecular weight excluding hydrogens is 410 g/mol. The van der Waals surface area contributed by atoms with Gasteiger partial charge in [0.2, 0.25) is 0 Å². The molecule has 1 aliphatic rings. The molecule has 0 aliphatic carbocycles. The van der Waals surface area contributed by atoms with Crippen LogP contribution >= 0.6 is 11.3 Å². The number of aromatic nitrogens is 1. The average molecular weight is 430 g/mol. The van der Waals surface area contributed by atoms with Crippen molar-refractivity contribution < 1.29 is 17.9 Å². The molecule has 0 unspecified atom stereocenters. The Bertz CT molecular complexity index is 1170. The smallest absolute Gasteiger partial charge is 0.263 e. The predicted octanol–water partition coefficient (Wildman–Crippen LogP) is 4.07. The van der Waals surface area contributed by atoms with Gasteiger partial charge in [0, 0.05) is 10.9 Å². The first-order valence-electron chi connectivity index (χ1n) is 8.97. The third-order valence-electron chi connectivity index (χ3n) is 4.49. The fraction of sp³-hybridized carbons (Fsp3) is 0.200. The Hall–Kier alpha value is -2.91. The van der Waals surface area contributed by atoms with E-state index in [4.69, 9.17) is 4.74 Å². The highest BCUT2D eigenvalue weighted by Crippen LogP contribution is 2.34. The van der Waals surface area contributed by atoms with Gasteiger partial charge < -0.3 is 10.1 Å². The molecule has 7 nitrogen and oxygen atoms in total. The van der Waals surface area contributed by atoms with Crippen LogP contribution in [0.15, 0.2) is 52.7 Å². The standard InChI is InChI=1S/C20H19N3O4S2/c1-12(2)13-3-6-15(7-4-13)29(25,26)23-20-22-17(11-28-20)14-5-8-18-16(9-14)21-19(24)10-27-18/h3-9,11-12H,10H2,1-2H3,(H,21,24)(H,22,23). The zero-order valence-electron chi connectivity index (χ0n) is 15.8. The SMILES string of the molecule is CC(C)c1ccc(S(=O)(=O)Nc2nc(-c3ccc4c(c3)NC(=O)CO4)cs2)cc1. The maximum absolute atomic E-state index is 12.6. The molecule has 150 valence electrons. The van der Waals surface area contributed by atoms with E-state index in [1.54, 1.807) is 29.6 Å². The molecule has 0 radical (unpaired) electrons. The van der Waals surface area contributed by atoms with E-state index >= 15 is 0 Å². The van der Waals surface area contributed by atoms with E-state index in [0.717, 1.165) is 11.1 Å². The van der Waals surface area contributed by atoms with Gasteiger partial charge in [-0.25, -0.2) is 13.4 Å². The molecule has 2 heterocycles. The summed E-state index contributed by atoms with van der Waals surface area (Å²) in [4.78, 5) is 16.1. The lowest BCUT2D eigenvalue weighted by atomic mass is 10.0. The average Bonchev–Trinajstić information content (AvgIpc) is 3.15. The largest absolute Gasteiger partial charge is 0.482 e. The lowest BCUT2D eigenvalue weighted by molar-refractivity contribution is -0.118. The number of nitrogens with one attached hydrogen (secondary N) is 2.